The van der Waals surface area contributed by atoms with Gasteiger partial charge < -0.3 is 0 Å². The Morgan fingerprint density at radius 1 is 0.600 bits per heavy atom. The third-order valence-corrected chi connectivity index (χ3v) is 5.37. The second-order valence-corrected chi connectivity index (χ2v) is 7.27. The summed E-state index contributed by atoms with van der Waals surface area (Å²) in [5.41, 5.74) is 3.14. The average molecular weight is 390 g/mol. The van der Waals surface area contributed by atoms with E-state index in [0.717, 1.165) is 44.1 Å². The van der Waals surface area contributed by atoms with Gasteiger partial charge in [-0.25, -0.2) is 0 Å². The summed E-state index contributed by atoms with van der Waals surface area (Å²) in [4.78, 5) is 32.2. The Balaban J connectivity index is 0.000000128. The molecule has 144 valence electrons. The van der Waals surface area contributed by atoms with E-state index >= 15 is 0 Å². The number of benzene rings is 2. The fraction of sp³-hybridized carbons (Fsp3) is 0.0769. The molecule has 0 aliphatic heterocycles. The zero-order chi connectivity index (χ0) is 20.5. The van der Waals surface area contributed by atoms with Crippen LogP contribution in [0.5, 0.6) is 0 Å². The van der Waals surface area contributed by atoms with Crippen molar-refractivity contribution in [3.05, 3.63) is 95.6 Å². The van der Waals surface area contributed by atoms with Crippen LogP contribution in [0.1, 0.15) is 44.9 Å². The van der Waals surface area contributed by atoms with Gasteiger partial charge in [-0.3, -0.25) is 19.6 Å². The van der Waals surface area contributed by atoms with Gasteiger partial charge in [-0.05, 0) is 22.9 Å². The van der Waals surface area contributed by atoms with Crippen molar-refractivity contribution in [1.29, 1.82) is 0 Å². The highest BCUT2D eigenvalue weighted by Crippen LogP contribution is 2.26. The molecule has 0 N–H and O–H groups in total. The lowest BCUT2D eigenvalue weighted by Crippen LogP contribution is -2.06. The minimum atomic E-state index is 0.164. The Kier molecular flexibility index (Phi) is 4.52. The first-order valence-corrected chi connectivity index (χ1v) is 9.87. The summed E-state index contributed by atoms with van der Waals surface area (Å²) in [5.74, 6) is 0.327. The molecule has 2 aromatic heterocycles. The summed E-state index contributed by atoms with van der Waals surface area (Å²) in [6, 6.07) is 15.7. The summed E-state index contributed by atoms with van der Waals surface area (Å²) >= 11 is 0. The van der Waals surface area contributed by atoms with Crippen LogP contribution in [0.25, 0.3) is 33.7 Å². The van der Waals surface area contributed by atoms with Gasteiger partial charge in [-0.15, -0.1) is 0 Å². The molecule has 0 unspecified atom stereocenters. The predicted octanol–water partition coefficient (Wildman–Crippen LogP) is 5.67. The van der Waals surface area contributed by atoms with E-state index in [4.69, 9.17) is 0 Å². The quantitative estimate of drug-likeness (QED) is 0.388. The molecular formula is C26H18N2O2. The second-order valence-electron chi connectivity index (χ2n) is 7.27. The fourth-order valence-electron chi connectivity index (χ4n) is 3.96. The van der Waals surface area contributed by atoms with E-state index in [9.17, 15) is 9.59 Å². The van der Waals surface area contributed by atoms with Crippen LogP contribution in [0.4, 0.5) is 0 Å². The van der Waals surface area contributed by atoms with E-state index in [-0.39, 0.29) is 11.6 Å². The number of Topliss-reactive ketones (excluding diaryl/α,β-unsaturated/α-hetero) is 2. The third-order valence-electron chi connectivity index (χ3n) is 5.37. The maximum atomic E-state index is 11.8. The summed E-state index contributed by atoms with van der Waals surface area (Å²) in [7, 11) is 0. The van der Waals surface area contributed by atoms with E-state index in [2.05, 4.69) is 9.97 Å². The Morgan fingerprint density at radius 2 is 1.03 bits per heavy atom. The van der Waals surface area contributed by atoms with Crippen molar-refractivity contribution in [2.45, 2.75) is 12.8 Å². The third kappa shape index (κ3) is 3.12. The number of aromatic nitrogens is 2. The van der Waals surface area contributed by atoms with Crippen molar-refractivity contribution in [1.82, 2.24) is 9.97 Å². The van der Waals surface area contributed by atoms with Crippen LogP contribution in [0, 0.1) is 0 Å². The lowest BCUT2D eigenvalue weighted by molar-refractivity contribution is 0.0987. The van der Waals surface area contributed by atoms with E-state index in [1.807, 2.05) is 85.2 Å². The van der Waals surface area contributed by atoms with Gasteiger partial charge in [-0.1, -0.05) is 60.7 Å². The molecule has 2 heterocycles. The van der Waals surface area contributed by atoms with E-state index < -0.39 is 0 Å². The Labute approximate surface area is 173 Å². The van der Waals surface area contributed by atoms with Crippen LogP contribution in [0.3, 0.4) is 0 Å². The van der Waals surface area contributed by atoms with Crippen LogP contribution < -0.4 is 0 Å². The topological polar surface area (TPSA) is 59.9 Å². The molecule has 0 amide bonds. The molecule has 2 aliphatic carbocycles. The average Bonchev–Trinajstić information content (AvgIpc) is 2.79. The number of pyridine rings is 2. The first-order valence-electron chi connectivity index (χ1n) is 9.87. The molecule has 30 heavy (non-hydrogen) atoms. The van der Waals surface area contributed by atoms with Crippen molar-refractivity contribution in [2.24, 2.45) is 0 Å². The first-order chi connectivity index (χ1) is 14.7. The molecule has 4 aromatic rings. The molecule has 4 heteroatoms. The number of nitrogens with zero attached hydrogens (tertiary/aromatic N) is 2. The SMILES string of the molecule is O=C1CC=Cc2ncc3ccccc3c21.O=C1CC=Cc2ncc3ccccc3c21. The molecule has 0 radical (unpaired) electrons. The number of hydrogen-bond acceptors (Lipinski definition) is 4. The van der Waals surface area contributed by atoms with E-state index in [0.29, 0.717) is 12.8 Å². The zero-order valence-electron chi connectivity index (χ0n) is 16.2. The van der Waals surface area contributed by atoms with Gasteiger partial charge in [0.1, 0.15) is 0 Å². The van der Waals surface area contributed by atoms with Crippen molar-refractivity contribution >= 4 is 45.3 Å². The van der Waals surface area contributed by atoms with Crippen LogP contribution in [0.2, 0.25) is 0 Å². The molecule has 0 spiro atoms. The van der Waals surface area contributed by atoms with Crippen LogP contribution in [-0.4, -0.2) is 21.5 Å². The summed E-state index contributed by atoms with van der Waals surface area (Å²) in [6.45, 7) is 0. The molecule has 4 nitrogen and oxygen atoms in total. The van der Waals surface area contributed by atoms with Gasteiger partial charge in [0.2, 0.25) is 0 Å². The van der Waals surface area contributed by atoms with Gasteiger partial charge in [-0.2, -0.15) is 0 Å². The number of carbonyl (C=O) groups excluding carboxylic acids is 2. The highest BCUT2D eigenvalue weighted by atomic mass is 16.1. The van der Waals surface area contributed by atoms with Gasteiger partial charge in [0.25, 0.3) is 0 Å². The number of hydrogen-bond donors (Lipinski definition) is 0. The van der Waals surface area contributed by atoms with Crippen LogP contribution >= 0.6 is 0 Å². The molecule has 6 rings (SSSR count). The Morgan fingerprint density at radius 3 is 1.50 bits per heavy atom. The summed E-state index contributed by atoms with van der Waals surface area (Å²) < 4.78 is 0. The zero-order valence-corrected chi connectivity index (χ0v) is 16.2. The summed E-state index contributed by atoms with van der Waals surface area (Å²) in [5, 5.41) is 4.08. The van der Waals surface area contributed by atoms with E-state index in [1.54, 1.807) is 0 Å². The predicted molar refractivity (Wildman–Crippen MR) is 119 cm³/mol. The largest absolute Gasteiger partial charge is 0.294 e. The maximum absolute atomic E-state index is 11.8. The van der Waals surface area contributed by atoms with Crippen molar-refractivity contribution < 1.29 is 9.59 Å². The van der Waals surface area contributed by atoms with E-state index in [1.165, 1.54) is 0 Å². The van der Waals surface area contributed by atoms with Gasteiger partial charge >= 0.3 is 0 Å². The maximum Gasteiger partial charge on any atom is 0.169 e. The molecule has 2 aliphatic rings. The highest BCUT2D eigenvalue weighted by Gasteiger charge is 2.18. The molecule has 0 atom stereocenters. The smallest absolute Gasteiger partial charge is 0.169 e. The minimum Gasteiger partial charge on any atom is -0.294 e. The number of allylic oxidation sites excluding steroid dienone is 2. The Bertz CT molecular complexity index is 1280. The fourth-order valence-corrected chi connectivity index (χ4v) is 3.96. The molecule has 0 bridgehead atoms. The van der Waals surface area contributed by atoms with Gasteiger partial charge in [0, 0.05) is 36.0 Å². The number of ketones is 2. The van der Waals surface area contributed by atoms with Gasteiger partial charge in [0.15, 0.2) is 11.6 Å². The van der Waals surface area contributed by atoms with Crippen molar-refractivity contribution in [3.8, 4) is 0 Å². The second kappa shape index (κ2) is 7.48. The highest BCUT2D eigenvalue weighted by molar-refractivity contribution is 6.13. The Hall–Kier alpha value is -3.92. The molecular weight excluding hydrogens is 372 g/mol. The minimum absolute atomic E-state index is 0.164. The number of fused-ring (bicyclic) bond motifs is 6. The van der Waals surface area contributed by atoms with Crippen LogP contribution in [-0.2, 0) is 0 Å². The van der Waals surface area contributed by atoms with Gasteiger partial charge in [0.05, 0.1) is 22.5 Å². The standard InChI is InChI=1S/2C13H9NO/c2*15-12-7-3-6-11-13(12)10-5-2-1-4-9(10)8-14-11/h2*1-6,8H,7H2. The van der Waals surface area contributed by atoms with Crippen molar-refractivity contribution in [3.63, 3.8) is 0 Å². The molecule has 0 saturated heterocycles. The lowest BCUT2D eigenvalue weighted by atomic mass is 9.95. The first kappa shape index (κ1) is 18.1. The normalized spacial score (nSPS) is 14.3. The van der Waals surface area contributed by atoms with Crippen LogP contribution in [0.15, 0.2) is 73.1 Å². The summed E-state index contributed by atoms with van der Waals surface area (Å²) in [6.07, 6.45) is 12.2. The molecule has 0 saturated carbocycles. The number of carbonyl (C=O) groups is 2. The van der Waals surface area contributed by atoms with Crippen molar-refractivity contribution in [2.75, 3.05) is 0 Å². The monoisotopic (exact) mass is 390 g/mol. The molecule has 2 aromatic carbocycles. The number of rotatable bonds is 0. The lowest BCUT2D eigenvalue weighted by Gasteiger charge is -2.11. The molecule has 0 fully saturated rings.